The van der Waals surface area contributed by atoms with E-state index in [0.29, 0.717) is 13.0 Å². The Morgan fingerprint density at radius 3 is 1.50 bits per heavy atom. The van der Waals surface area contributed by atoms with Gasteiger partial charge in [0.2, 0.25) is 0 Å². The average molecular weight is 921 g/mol. The summed E-state index contributed by atoms with van der Waals surface area (Å²) in [7, 11) is -5.08. The van der Waals surface area contributed by atoms with Crippen molar-refractivity contribution in [2.75, 3.05) is 26.4 Å². The molecular weight excluding hydrogens is 837 g/mol. The van der Waals surface area contributed by atoms with Gasteiger partial charge in [0.15, 0.2) is 6.29 Å². The van der Waals surface area contributed by atoms with Crippen molar-refractivity contribution < 1.29 is 56.2 Å². The van der Waals surface area contributed by atoms with E-state index in [1.807, 2.05) is 0 Å². The van der Waals surface area contributed by atoms with Crippen LogP contribution in [0.2, 0.25) is 0 Å². The maximum Gasteiger partial charge on any atom is 0.397 e. The number of unbranched alkanes of at least 4 members (excludes halogenated alkanes) is 11. The lowest BCUT2D eigenvalue weighted by atomic mass is 9.99. The molecule has 0 aromatic rings. The van der Waals surface area contributed by atoms with Gasteiger partial charge in [0.1, 0.15) is 30.5 Å². The summed E-state index contributed by atoms with van der Waals surface area (Å²) in [6.45, 7) is 3.59. The van der Waals surface area contributed by atoms with Crippen LogP contribution >= 0.6 is 0 Å². The second-order valence-electron chi connectivity index (χ2n) is 15.9. The summed E-state index contributed by atoms with van der Waals surface area (Å²) in [5.74, 6) is -0.427. The van der Waals surface area contributed by atoms with Gasteiger partial charge in [-0.2, -0.15) is 8.42 Å². The Morgan fingerprint density at radius 2 is 1.03 bits per heavy atom. The molecule has 6 unspecified atom stereocenters. The minimum absolute atomic E-state index is 0.00973. The number of rotatable bonds is 40. The third-order valence-corrected chi connectivity index (χ3v) is 10.7. The maximum absolute atomic E-state index is 12.9. The molecule has 0 bridgehead atoms. The van der Waals surface area contributed by atoms with E-state index in [0.717, 1.165) is 89.9 Å². The quantitative estimate of drug-likeness (QED) is 0.0198. The summed E-state index contributed by atoms with van der Waals surface area (Å²) in [5, 5.41) is 30.7. The number of allylic oxidation sites excluding steroid dienone is 16. The van der Waals surface area contributed by atoms with E-state index in [9.17, 15) is 33.1 Å². The predicted octanol–water partition coefficient (Wildman–Crippen LogP) is 10.6. The predicted molar refractivity (Wildman–Crippen MR) is 257 cm³/mol. The van der Waals surface area contributed by atoms with Gasteiger partial charge in [0.05, 0.1) is 19.8 Å². The van der Waals surface area contributed by atoms with E-state index in [-0.39, 0.29) is 19.6 Å². The smallest absolute Gasteiger partial charge is 0.397 e. The highest BCUT2D eigenvalue weighted by Gasteiger charge is 2.48. The standard InChI is InChI=1S/C51H84O12S/c1-3-5-7-9-11-13-15-17-19-20-21-22-23-24-25-26-27-28-30-32-34-36-38-40-47(53)61-45(43-59-41-39-37-35-33-31-29-18-16-14-12-10-8-6-4-2)44-60-51-49(55)50(63-64(56,57)58)48(54)46(42-52)62-51/h5-8,11-14,17-19,21-22,29,33,35,45-46,48-52,54-55H,3-4,9-10,15-16,20,23-28,30-32,34,36-44H2,1-2H3,(H,56,57,58)/b7-5-,8-6-,13-11-,14-12-,19-17-,22-21-,29-18-,35-33-. The lowest BCUT2D eigenvalue weighted by Gasteiger charge is -2.41. The van der Waals surface area contributed by atoms with Crippen LogP contribution in [0, 0.1) is 0 Å². The second-order valence-corrected chi connectivity index (χ2v) is 17.0. The first-order chi connectivity index (χ1) is 31.1. The van der Waals surface area contributed by atoms with Gasteiger partial charge in [-0.25, -0.2) is 4.18 Å². The Hall–Kier alpha value is -2.98. The monoisotopic (exact) mass is 921 g/mol. The lowest BCUT2D eigenvalue weighted by molar-refractivity contribution is -0.301. The van der Waals surface area contributed by atoms with Gasteiger partial charge in [-0.3, -0.25) is 9.35 Å². The molecule has 64 heavy (non-hydrogen) atoms. The fourth-order valence-corrected chi connectivity index (χ4v) is 7.18. The van der Waals surface area contributed by atoms with E-state index in [4.69, 9.17) is 18.9 Å². The average Bonchev–Trinajstić information content (AvgIpc) is 3.27. The van der Waals surface area contributed by atoms with Crippen LogP contribution in [0.15, 0.2) is 97.2 Å². The molecule has 366 valence electrons. The normalized spacial score (nSPS) is 20.6. The van der Waals surface area contributed by atoms with Crippen LogP contribution in [-0.4, -0.2) is 97.5 Å². The molecule has 0 aromatic carbocycles. The lowest BCUT2D eigenvalue weighted by Crippen LogP contribution is -2.60. The van der Waals surface area contributed by atoms with Gasteiger partial charge in [-0.05, 0) is 83.5 Å². The summed E-state index contributed by atoms with van der Waals surface area (Å²) in [5.41, 5.74) is 0. The number of hydrogen-bond donors (Lipinski definition) is 4. The number of aliphatic hydroxyl groups excluding tert-OH is 3. The third-order valence-electron chi connectivity index (χ3n) is 10.2. The topological polar surface area (TPSA) is 178 Å². The Bertz CT molecular complexity index is 1480. The van der Waals surface area contributed by atoms with Crippen LogP contribution in [0.1, 0.15) is 155 Å². The second kappa shape index (κ2) is 41.5. The molecule has 0 aromatic heterocycles. The molecule has 0 aliphatic carbocycles. The van der Waals surface area contributed by atoms with Gasteiger partial charge in [0, 0.05) is 13.0 Å². The number of ether oxygens (including phenoxy) is 4. The van der Waals surface area contributed by atoms with E-state index in [1.54, 1.807) is 0 Å². The first-order valence-electron chi connectivity index (χ1n) is 24.0. The van der Waals surface area contributed by atoms with Gasteiger partial charge < -0.3 is 34.3 Å². The molecule has 0 amide bonds. The number of hydrogen-bond acceptors (Lipinski definition) is 11. The van der Waals surface area contributed by atoms with Crippen molar-refractivity contribution >= 4 is 16.4 Å². The van der Waals surface area contributed by atoms with Crippen LogP contribution in [-0.2, 0) is 38.3 Å². The van der Waals surface area contributed by atoms with Gasteiger partial charge in [-0.15, -0.1) is 0 Å². The zero-order chi connectivity index (χ0) is 46.8. The molecular formula is C51H84O12S. The first-order valence-corrected chi connectivity index (χ1v) is 25.4. The zero-order valence-electron chi connectivity index (χ0n) is 39.0. The Kier molecular flexibility index (Phi) is 38.2. The SMILES string of the molecule is CC/C=C\C/C=C\C/C=C\C/C=C\CCCCCCCCCCCCC(=O)OC(COCCC/C=C\C/C=C\C/C=C\C/C=C\CC)COC1OC(CO)C(O)C(OS(=O)(=O)O)C1O. The molecule has 1 aliphatic heterocycles. The van der Waals surface area contributed by atoms with Crippen molar-refractivity contribution in [3.8, 4) is 0 Å². The Labute approximate surface area is 386 Å². The van der Waals surface area contributed by atoms with Crippen molar-refractivity contribution in [1.29, 1.82) is 0 Å². The van der Waals surface area contributed by atoms with Gasteiger partial charge in [-0.1, -0.05) is 162 Å². The van der Waals surface area contributed by atoms with E-state index < -0.39 is 59.8 Å². The highest BCUT2D eigenvalue weighted by molar-refractivity contribution is 7.80. The zero-order valence-corrected chi connectivity index (χ0v) is 39.9. The molecule has 1 rings (SSSR count). The van der Waals surface area contributed by atoms with E-state index >= 15 is 0 Å². The molecule has 0 saturated carbocycles. The van der Waals surface area contributed by atoms with Crippen molar-refractivity contribution in [2.45, 2.75) is 192 Å². The summed E-state index contributed by atoms with van der Waals surface area (Å²) in [6.07, 6.45) is 47.4. The van der Waals surface area contributed by atoms with Crippen molar-refractivity contribution in [2.24, 2.45) is 0 Å². The molecule has 0 radical (unpaired) electrons. The van der Waals surface area contributed by atoms with Crippen LogP contribution in [0.5, 0.6) is 0 Å². The fraction of sp³-hybridized carbons (Fsp3) is 0.667. The summed E-state index contributed by atoms with van der Waals surface area (Å²) >= 11 is 0. The minimum Gasteiger partial charge on any atom is -0.457 e. The third kappa shape index (κ3) is 34.4. The molecule has 1 heterocycles. The number of carbonyl (C=O) groups excluding carboxylic acids is 1. The van der Waals surface area contributed by atoms with Crippen molar-refractivity contribution in [1.82, 2.24) is 0 Å². The Morgan fingerprint density at radius 1 is 0.594 bits per heavy atom. The van der Waals surface area contributed by atoms with Crippen LogP contribution in [0.3, 0.4) is 0 Å². The summed E-state index contributed by atoms with van der Waals surface area (Å²) < 4.78 is 59.0. The molecule has 6 atom stereocenters. The van der Waals surface area contributed by atoms with Crippen LogP contribution in [0.4, 0.5) is 0 Å². The van der Waals surface area contributed by atoms with Gasteiger partial charge >= 0.3 is 16.4 Å². The summed E-state index contributed by atoms with van der Waals surface area (Å²) in [6, 6.07) is 0. The molecule has 13 heteroatoms. The molecule has 0 spiro atoms. The summed E-state index contributed by atoms with van der Waals surface area (Å²) in [4.78, 5) is 12.9. The van der Waals surface area contributed by atoms with Crippen LogP contribution in [0.25, 0.3) is 0 Å². The first kappa shape index (κ1) is 59.0. The van der Waals surface area contributed by atoms with Crippen molar-refractivity contribution in [3.63, 3.8) is 0 Å². The highest BCUT2D eigenvalue weighted by Crippen LogP contribution is 2.26. The van der Waals surface area contributed by atoms with Crippen LogP contribution < -0.4 is 0 Å². The highest BCUT2D eigenvalue weighted by atomic mass is 32.3. The van der Waals surface area contributed by atoms with E-state index in [1.165, 1.54) is 38.5 Å². The molecule has 12 nitrogen and oxygen atoms in total. The number of esters is 1. The number of aliphatic hydroxyl groups is 3. The molecule has 1 fully saturated rings. The molecule has 4 N–H and O–H groups in total. The molecule has 1 saturated heterocycles. The maximum atomic E-state index is 12.9. The Balaban J connectivity index is 2.40. The molecule has 1 aliphatic rings. The minimum atomic E-state index is -5.08. The van der Waals surface area contributed by atoms with E-state index in [2.05, 4.69) is 115 Å². The van der Waals surface area contributed by atoms with Gasteiger partial charge in [0.25, 0.3) is 0 Å². The largest absolute Gasteiger partial charge is 0.457 e. The number of carbonyl (C=O) groups is 1. The van der Waals surface area contributed by atoms with Crippen molar-refractivity contribution in [3.05, 3.63) is 97.2 Å². The fourth-order valence-electron chi connectivity index (χ4n) is 6.67.